The van der Waals surface area contributed by atoms with Crippen molar-refractivity contribution in [3.8, 4) is 0 Å². The van der Waals surface area contributed by atoms with E-state index in [0.717, 1.165) is 37.6 Å². The van der Waals surface area contributed by atoms with E-state index in [1.807, 2.05) is 0 Å². The fourth-order valence-electron chi connectivity index (χ4n) is 3.75. The van der Waals surface area contributed by atoms with Crippen LogP contribution in [0.2, 0.25) is 0 Å². The van der Waals surface area contributed by atoms with E-state index in [1.54, 1.807) is 0 Å². The highest BCUT2D eigenvalue weighted by molar-refractivity contribution is 5.80. The van der Waals surface area contributed by atoms with Crippen LogP contribution in [0.4, 0.5) is 0 Å². The summed E-state index contributed by atoms with van der Waals surface area (Å²) in [6.07, 6.45) is 8.68. The summed E-state index contributed by atoms with van der Waals surface area (Å²) in [5.41, 5.74) is 0. The van der Waals surface area contributed by atoms with Crippen LogP contribution >= 0.6 is 0 Å². The first-order valence-electron chi connectivity index (χ1n) is 8.47. The van der Waals surface area contributed by atoms with Crippen molar-refractivity contribution in [2.75, 3.05) is 19.6 Å². The van der Waals surface area contributed by atoms with Crippen molar-refractivity contribution in [3.63, 3.8) is 0 Å². The second-order valence-corrected chi connectivity index (χ2v) is 7.22. The van der Waals surface area contributed by atoms with Crippen molar-refractivity contribution in [2.45, 2.75) is 63.2 Å². The molecule has 2 aliphatic heterocycles. The summed E-state index contributed by atoms with van der Waals surface area (Å²) >= 11 is 0. The van der Waals surface area contributed by atoms with E-state index < -0.39 is 0 Å². The van der Waals surface area contributed by atoms with Gasteiger partial charge in [-0.2, -0.15) is 0 Å². The molecule has 4 aliphatic rings. The Morgan fingerprint density at radius 3 is 2.60 bits per heavy atom. The molecule has 4 rings (SSSR count). The molecule has 3 atom stereocenters. The van der Waals surface area contributed by atoms with Crippen LogP contribution in [0.5, 0.6) is 0 Å². The van der Waals surface area contributed by atoms with Crippen molar-refractivity contribution in [1.82, 2.24) is 10.2 Å². The van der Waals surface area contributed by atoms with Gasteiger partial charge in [0.05, 0.1) is 6.10 Å². The molecular weight excluding hydrogens is 252 g/mol. The lowest BCUT2D eigenvalue weighted by atomic mass is 9.98. The van der Waals surface area contributed by atoms with E-state index in [1.165, 1.54) is 38.8 Å². The Morgan fingerprint density at radius 1 is 1.05 bits per heavy atom. The maximum atomic E-state index is 12.1. The van der Waals surface area contributed by atoms with E-state index in [2.05, 4.69) is 10.2 Å². The highest BCUT2D eigenvalue weighted by Gasteiger charge is 2.43. The van der Waals surface area contributed by atoms with Gasteiger partial charge in [0.2, 0.25) is 5.91 Å². The van der Waals surface area contributed by atoms with Gasteiger partial charge in [-0.05, 0) is 56.8 Å². The molecule has 0 spiro atoms. The molecule has 2 saturated heterocycles. The van der Waals surface area contributed by atoms with Crippen molar-refractivity contribution in [1.29, 1.82) is 0 Å². The molecule has 2 heterocycles. The van der Waals surface area contributed by atoms with E-state index in [-0.39, 0.29) is 12.0 Å². The van der Waals surface area contributed by atoms with Crippen LogP contribution in [0.25, 0.3) is 0 Å². The summed E-state index contributed by atoms with van der Waals surface area (Å²) < 4.78 is 6.10. The third-order valence-corrected chi connectivity index (χ3v) is 5.41. The predicted molar refractivity (Wildman–Crippen MR) is 76.3 cm³/mol. The average Bonchev–Trinajstić information content (AvgIpc) is 3.36. The Morgan fingerprint density at radius 2 is 1.85 bits per heavy atom. The lowest BCUT2D eigenvalue weighted by molar-refractivity contribution is -0.143. The fraction of sp³-hybridized carbons (Fsp3) is 0.938. The van der Waals surface area contributed by atoms with Gasteiger partial charge in [0, 0.05) is 25.7 Å². The number of nitrogens with one attached hydrogen (secondary N) is 1. The first kappa shape index (κ1) is 13.1. The second-order valence-electron chi connectivity index (χ2n) is 7.22. The van der Waals surface area contributed by atoms with E-state index in [4.69, 9.17) is 4.74 Å². The molecule has 0 aromatic heterocycles. The zero-order valence-corrected chi connectivity index (χ0v) is 12.2. The Kier molecular flexibility index (Phi) is 3.47. The lowest BCUT2D eigenvalue weighted by Gasteiger charge is -2.35. The quantitative estimate of drug-likeness (QED) is 0.829. The van der Waals surface area contributed by atoms with Crippen molar-refractivity contribution < 1.29 is 9.53 Å². The van der Waals surface area contributed by atoms with E-state index >= 15 is 0 Å². The molecule has 4 nitrogen and oxygen atoms in total. The number of amides is 1. The zero-order chi connectivity index (χ0) is 13.5. The van der Waals surface area contributed by atoms with Crippen LogP contribution in [-0.4, -0.2) is 48.7 Å². The van der Waals surface area contributed by atoms with Gasteiger partial charge in [-0.25, -0.2) is 0 Å². The molecule has 0 radical (unpaired) electrons. The standard InChI is InChI=1S/C16H26N2O2/c19-16(17-9-11-1-2-11)15-6-5-13-14(20-15)7-8-18(13)10-12-3-4-12/h11-15H,1-10H2,(H,17,19)/t13-,14-,15-/m0/s1. The van der Waals surface area contributed by atoms with Gasteiger partial charge in [-0.15, -0.1) is 0 Å². The van der Waals surface area contributed by atoms with Gasteiger partial charge < -0.3 is 10.1 Å². The third kappa shape index (κ3) is 2.86. The van der Waals surface area contributed by atoms with E-state index in [0.29, 0.717) is 12.1 Å². The summed E-state index contributed by atoms with van der Waals surface area (Å²) in [7, 11) is 0. The van der Waals surface area contributed by atoms with E-state index in [9.17, 15) is 4.79 Å². The summed E-state index contributed by atoms with van der Waals surface area (Å²) in [5.74, 6) is 1.83. The maximum absolute atomic E-state index is 12.1. The number of hydrogen-bond acceptors (Lipinski definition) is 3. The molecule has 4 heteroatoms. The van der Waals surface area contributed by atoms with Crippen molar-refractivity contribution >= 4 is 5.91 Å². The molecule has 0 aromatic carbocycles. The smallest absolute Gasteiger partial charge is 0.249 e. The Balaban J connectivity index is 1.27. The minimum Gasteiger partial charge on any atom is -0.363 e. The number of likely N-dealkylation sites (tertiary alicyclic amines) is 1. The summed E-state index contributed by atoms with van der Waals surface area (Å²) in [5, 5.41) is 3.07. The molecule has 0 unspecified atom stereocenters. The summed E-state index contributed by atoms with van der Waals surface area (Å²) in [6.45, 7) is 3.30. The van der Waals surface area contributed by atoms with Gasteiger partial charge in [0.25, 0.3) is 0 Å². The molecule has 20 heavy (non-hydrogen) atoms. The Labute approximate surface area is 121 Å². The van der Waals surface area contributed by atoms with Gasteiger partial charge in [0.15, 0.2) is 0 Å². The average molecular weight is 278 g/mol. The van der Waals surface area contributed by atoms with Crippen LogP contribution in [-0.2, 0) is 9.53 Å². The number of nitrogens with zero attached hydrogens (tertiary/aromatic N) is 1. The normalized spacial score (nSPS) is 37.7. The van der Waals surface area contributed by atoms with Gasteiger partial charge >= 0.3 is 0 Å². The van der Waals surface area contributed by atoms with Gasteiger partial charge in [-0.1, -0.05) is 0 Å². The number of carbonyl (C=O) groups is 1. The first-order valence-corrected chi connectivity index (χ1v) is 8.47. The molecule has 112 valence electrons. The predicted octanol–water partition coefficient (Wildman–Crippen LogP) is 1.54. The Hall–Kier alpha value is -0.610. The summed E-state index contributed by atoms with van der Waals surface area (Å²) in [4.78, 5) is 14.8. The maximum Gasteiger partial charge on any atom is 0.249 e. The zero-order valence-electron chi connectivity index (χ0n) is 12.2. The molecule has 0 aromatic rings. The number of ether oxygens (including phenoxy) is 1. The minimum absolute atomic E-state index is 0.135. The second kappa shape index (κ2) is 5.30. The molecule has 0 bridgehead atoms. The van der Waals surface area contributed by atoms with Crippen LogP contribution in [0, 0.1) is 11.8 Å². The third-order valence-electron chi connectivity index (χ3n) is 5.41. The van der Waals surface area contributed by atoms with Crippen LogP contribution in [0.15, 0.2) is 0 Å². The topological polar surface area (TPSA) is 41.6 Å². The fourth-order valence-corrected chi connectivity index (χ4v) is 3.75. The largest absolute Gasteiger partial charge is 0.363 e. The van der Waals surface area contributed by atoms with Gasteiger partial charge in [0.1, 0.15) is 6.10 Å². The monoisotopic (exact) mass is 278 g/mol. The number of carbonyl (C=O) groups excluding carboxylic acids is 1. The lowest BCUT2D eigenvalue weighted by Crippen LogP contribution is -2.48. The van der Waals surface area contributed by atoms with Crippen molar-refractivity contribution in [2.24, 2.45) is 11.8 Å². The molecule has 1 amide bonds. The first-order chi connectivity index (χ1) is 9.79. The van der Waals surface area contributed by atoms with Crippen LogP contribution in [0.3, 0.4) is 0 Å². The van der Waals surface area contributed by atoms with Crippen LogP contribution < -0.4 is 5.32 Å². The Bertz CT molecular complexity index is 379. The molecule has 2 aliphatic carbocycles. The molecule has 2 saturated carbocycles. The molecule has 4 fully saturated rings. The number of rotatable bonds is 5. The molecular formula is C16H26N2O2. The number of fused-ring (bicyclic) bond motifs is 1. The number of hydrogen-bond donors (Lipinski definition) is 1. The van der Waals surface area contributed by atoms with Crippen LogP contribution in [0.1, 0.15) is 44.9 Å². The minimum atomic E-state index is -0.184. The molecule has 1 N–H and O–H groups in total. The summed E-state index contributed by atoms with van der Waals surface area (Å²) in [6, 6.07) is 0.586. The highest BCUT2D eigenvalue weighted by atomic mass is 16.5. The highest BCUT2D eigenvalue weighted by Crippen LogP contribution is 2.36. The van der Waals surface area contributed by atoms with Crippen molar-refractivity contribution in [3.05, 3.63) is 0 Å². The SMILES string of the molecule is O=C(NCC1CC1)[C@@H]1CC[C@H]2[C@H](CCN2CC2CC2)O1. The van der Waals surface area contributed by atoms with Gasteiger partial charge in [-0.3, -0.25) is 9.69 Å².